The van der Waals surface area contributed by atoms with Crippen LogP contribution in [0.25, 0.3) is 0 Å². The van der Waals surface area contributed by atoms with E-state index in [0.717, 1.165) is 18.3 Å². The van der Waals surface area contributed by atoms with Crippen LogP contribution in [0.15, 0.2) is 4.99 Å². The fourth-order valence-electron chi connectivity index (χ4n) is 1.47. The minimum atomic E-state index is 0.547. The zero-order chi connectivity index (χ0) is 10.3. The Bertz CT molecular complexity index is 152. The average molecular weight is 184 g/mol. The lowest BCUT2D eigenvalue weighted by Crippen LogP contribution is -2.32. The average Bonchev–Trinajstić information content (AvgIpc) is 2.04. The molecule has 0 saturated carbocycles. The molecule has 0 heterocycles. The smallest absolute Gasteiger partial charge is 0.0933 e. The summed E-state index contributed by atoms with van der Waals surface area (Å²) < 4.78 is 0. The maximum atomic E-state index is 4.30. The second-order valence-electron chi connectivity index (χ2n) is 3.85. The third-order valence-electron chi connectivity index (χ3n) is 2.30. The summed E-state index contributed by atoms with van der Waals surface area (Å²) in [4.78, 5) is 4.30. The highest BCUT2D eigenvalue weighted by atomic mass is 15.0. The van der Waals surface area contributed by atoms with Gasteiger partial charge in [-0.25, -0.2) is 0 Å². The van der Waals surface area contributed by atoms with Gasteiger partial charge in [-0.2, -0.15) is 0 Å². The lowest BCUT2D eigenvalue weighted by molar-refractivity contribution is 0.448. The van der Waals surface area contributed by atoms with Gasteiger partial charge in [-0.3, -0.25) is 4.99 Å². The normalized spacial score (nSPS) is 16.8. The highest BCUT2D eigenvalue weighted by Gasteiger charge is 2.06. The second-order valence-corrected chi connectivity index (χ2v) is 3.85. The van der Waals surface area contributed by atoms with Crippen molar-refractivity contribution in [3.05, 3.63) is 0 Å². The van der Waals surface area contributed by atoms with E-state index < -0.39 is 0 Å². The van der Waals surface area contributed by atoms with Gasteiger partial charge in [-0.05, 0) is 33.1 Å². The molecule has 2 heteroatoms. The minimum absolute atomic E-state index is 0.547. The van der Waals surface area contributed by atoms with Crippen molar-refractivity contribution < 1.29 is 0 Å². The van der Waals surface area contributed by atoms with E-state index >= 15 is 0 Å². The predicted octanol–water partition coefficient (Wildman–Crippen LogP) is 2.84. The van der Waals surface area contributed by atoms with Crippen LogP contribution in [0, 0.1) is 5.92 Å². The Hall–Kier alpha value is -0.530. The van der Waals surface area contributed by atoms with Gasteiger partial charge in [0.2, 0.25) is 0 Å². The van der Waals surface area contributed by atoms with Crippen LogP contribution in [-0.4, -0.2) is 18.4 Å². The van der Waals surface area contributed by atoms with Gasteiger partial charge in [0.25, 0.3) is 0 Å². The number of nitrogens with zero attached hydrogens (tertiary/aromatic N) is 1. The van der Waals surface area contributed by atoms with Gasteiger partial charge in [0.1, 0.15) is 0 Å². The lowest BCUT2D eigenvalue weighted by Gasteiger charge is -2.18. The number of nitrogens with one attached hydrogen (secondary N) is 1. The summed E-state index contributed by atoms with van der Waals surface area (Å²) >= 11 is 0. The summed E-state index contributed by atoms with van der Waals surface area (Å²) in [6.07, 6.45) is 2.49. The van der Waals surface area contributed by atoms with E-state index in [2.05, 4.69) is 38.0 Å². The zero-order valence-electron chi connectivity index (χ0n) is 9.72. The Morgan fingerprint density at radius 2 is 1.92 bits per heavy atom. The summed E-state index contributed by atoms with van der Waals surface area (Å²) in [5.74, 6) is 1.87. The molecule has 2 unspecified atom stereocenters. The van der Waals surface area contributed by atoms with E-state index in [1.807, 2.05) is 6.92 Å². The van der Waals surface area contributed by atoms with E-state index in [1.165, 1.54) is 12.8 Å². The monoisotopic (exact) mass is 184 g/mol. The number of aliphatic imine (C=N–C) groups is 1. The number of hydrogen-bond donors (Lipinski definition) is 1. The van der Waals surface area contributed by atoms with Crippen molar-refractivity contribution >= 4 is 5.84 Å². The van der Waals surface area contributed by atoms with Crippen LogP contribution in [0.3, 0.4) is 0 Å². The van der Waals surface area contributed by atoms with Crippen molar-refractivity contribution in [2.45, 2.75) is 53.5 Å². The molecular weight excluding hydrogens is 160 g/mol. The SMILES string of the molecule is CCN=C(C)NC(C)CC(C)CC. The van der Waals surface area contributed by atoms with E-state index in [-0.39, 0.29) is 0 Å². The van der Waals surface area contributed by atoms with Gasteiger partial charge in [0.15, 0.2) is 0 Å². The van der Waals surface area contributed by atoms with E-state index in [4.69, 9.17) is 0 Å². The van der Waals surface area contributed by atoms with Crippen LogP contribution in [-0.2, 0) is 0 Å². The fraction of sp³-hybridized carbons (Fsp3) is 0.909. The van der Waals surface area contributed by atoms with Crippen LogP contribution in [0.4, 0.5) is 0 Å². The largest absolute Gasteiger partial charge is 0.372 e. The lowest BCUT2D eigenvalue weighted by atomic mass is 10.0. The van der Waals surface area contributed by atoms with Crippen LogP contribution in [0.2, 0.25) is 0 Å². The molecule has 0 aromatic rings. The number of amidine groups is 1. The molecule has 0 fully saturated rings. The first-order valence-corrected chi connectivity index (χ1v) is 5.37. The molecule has 0 amide bonds. The predicted molar refractivity (Wildman–Crippen MR) is 60.3 cm³/mol. The first kappa shape index (κ1) is 12.5. The van der Waals surface area contributed by atoms with Gasteiger partial charge in [-0.1, -0.05) is 20.3 Å². The molecule has 0 aliphatic heterocycles. The summed E-state index contributed by atoms with van der Waals surface area (Å²) in [7, 11) is 0. The molecule has 0 rings (SSSR count). The summed E-state index contributed by atoms with van der Waals surface area (Å²) in [5, 5.41) is 3.40. The third kappa shape index (κ3) is 6.62. The van der Waals surface area contributed by atoms with Gasteiger partial charge in [0, 0.05) is 12.6 Å². The molecule has 0 aromatic carbocycles. The first-order chi connectivity index (χ1) is 6.10. The van der Waals surface area contributed by atoms with E-state index in [9.17, 15) is 0 Å². The van der Waals surface area contributed by atoms with Gasteiger partial charge >= 0.3 is 0 Å². The molecule has 13 heavy (non-hydrogen) atoms. The Morgan fingerprint density at radius 3 is 2.38 bits per heavy atom. The van der Waals surface area contributed by atoms with Crippen molar-refractivity contribution in [3.63, 3.8) is 0 Å². The molecule has 0 spiro atoms. The van der Waals surface area contributed by atoms with Gasteiger partial charge in [-0.15, -0.1) is 0 Å². The molecule has 0 bridgehead atoms. The topological polar surface area (TPSA) is 24.4 Å². The maximum absolute atomic E-state index is 4.30. The Balaban J connectivity index is 3.73. The second kappa shape index (κ2) is 6.93. The molecule has 1 N–H and O–H groups in total. The van der Waals surface area contributed by atoms with Gasteiger partial charge in [0.05, 0.1) is 5.84 Å². The highest BCUT2D eigenvalue weighted by molar-refractivity contribution is 5.79. The van der Waals surface area contributed by atoms with E-state index in [0.29, 0.717) is 6.04 Å². The van der Waals surface area contributed by atoms with Gasteiger partial charge < -0.3 is 5.32 Å². The Labute approximate surface area is 82.8 Å². The molecule has 0 saturated heterocycles. The maximum Gasteiger partial charge on any atom is 0.0933 e. The van der Waals surface area contributed by atoms with E-state index in [1.54, 1.807) is 0 Å². The van der Waals surface area contributed by atoms with Crippen LogP contribution >= 0.6 is 0 Å². The summed E-state index contributed by atoms with van der Waals surface area (Å²) in [6.45, 7) is 11.7. The van der Waals surface area contributed by atoms with Crippen LogP contribution in [0.1, 0.15) is 47.5 Å². The third-order valence-corrected chi connectivity index (χ3v) is 2.30. The number of rotatable bonds is 5. The molecule has 0 radical (unpaired) electrons. The van der Waals surface area contributed by atoms with Crippen LogP contribution < -0.4 is 5.32 Å². The molecule has 2 nitrogen and oxygen atoms in total. The first-order valence-electron chi connectivity index (χ1n) is 5.37. The van der Waals surface area contributed by atoms with Crippen molar-refractivity contribution in [3.8, 4) is 0 Å². The minimum Gasteiger partial charge on any atom is -0.372 e. The van der Waals surface area contributed by atoms with Crippen molar-refractivity contribution in [2.75, 3.05) is 6.54 Å². The molecule has 0 aliphatic rings. The number of hydrogen-bond acceptors (Lipinski definition) is 1. The van der Waals surface area contributed by atoms with Crippen LogP contribution in [0.5, 0.6) is 0 Å². The highest BCUT2D eigenvalue weighted by Crippen LogP contribution is 2.09. The zero-order valence-corrected chi connectivity index (χ0v) is 9.72. The van der Waals surface area contributed by atoms with Crippen molar-refractivity contribution in [2.24, 2.45) is 10.9 Å². The molecule has 0 aliphatic carbocycles. The molecule has 78 valence electrons. The Kier molecular flexibility index (Phi) is 6.65. The standard InChI is InChI=1S/C11H24N2/c1-6-9(3)8-10(4)13-11(5)12-7-2/h9-10H,6-8H2,1-5H3,(H,12,13). The van der Waals surface area contributed by atoms with Crippen molar-refractivity contribution in [1.82, 2.24) is 5.32 Å². The summed E-state index contributed by atoms with van der Waals surface area (Å²) in [6, 6.07) is 0.547. The molecule has 2 atom stereocenters. The fourth-order valence-corrected chi connectivity index (χ4v) is 1.47. The molecular formula is C11H24N2. The quantitative estimate of drug-likeness (QED) is 0.515. The Morgan fingerprint density at radius 1 is 1.31 bits per heavy atom. The molecule has 0 aromatic heterocycles. The summed E-state index contributed by atoms with van der Waals surface area (Å²) in [5.41, 5.74) is 0. The van der Waals surface area contributed by atoms with Crippen molar-refractivity contribution in [1.29, 1.82) is 0 Å².